The molecule has 1 rings (SSSR count). The molecule has 0 aromatic rings. The first-order valence-electron chi connectivity index (χ1n) is 4.94. The smallest absolute Gasteiger partial charge is 0.161 e. The molecule has 13 heavy (non-hydrogen) atoms. The summed E-state index contributed by atoms with van der Waals surface area (Å²) >= 11 is 0. The van der Waals surface area contributed by atoms with E-state index in [1.165, 1.54) is 19.3 Å². The molecule has 76 valence electrons. The molecular weight excluding hydrogens is 168 g/mol. The number of carbonyl (C=O) groups excluding carboxylic acids is 1. The molecule has 0 aromatic heterocycles. The summed E-state index contributed by atoms with van der Waals surface area (Å²) in [5, 5.41) is 0. The Kier molecular flexibility index (Phi) is 5.01. The zero-order valence-corrected chi connectivity index (χ0v) is 8.25. The van der Waals surface area contributed by atoms with Crippen LogP contribution in [0.1, 0.15) is 32.1 Å². The standard InChI is InChI=1S/C10H18O3/c1-12-8-13-7-10(11)9-5-3-2-4-6-9/h9H,2-8H2,1H3. The molecule has 3 nitrogen and oxygen atoms in total. The summed E-state index contributed by atoms with van der Waals surface area (Å²) in [5.74, 6) is 0.502. The van der Waals surface area contributed by atoms with E-state index in [-0.39, 0.29) is 25.1 Å². The molecule has 0 N–H and O–H groups in total. The second-order valence-corrected chi connectivity index (χ2v) is 3.56. The monoisotopic (exact) mass is 186 g/mol. The van der Waals surface area contributed by atoms with Gasteiger partial charge in [-0.3, -0.25) is 4.79 Å². The van der Waals surface area contributed by atoms with Crippen LogP contribution in [0.25, 0.3) is 0 Å². The van der Waals surface area contributed by atoms with Crippen molar-refractivity contribution in [3.8, 4) is 0 Å². The van der Waals surface area contributed by atoms with E-state index >= 15 is 0 Å². The number of Topliss-reactive ketones (excluding diaryl/α,β-unsaturated/α-hetero) is 1. The zero-order valence-electron chi connectivity index (χ0n) is 8.25. The summed E-state index contributed by atoms with van der Waals surface area (Å²) in [5.41, 5.74) is 0. The van der Waals surface area contributed by atoms with Crippen molar-refractivity contribution in [2.45, 2.75) is 32.1 Å². The third-order valence-electron chi connectivity index (χ3n) is 2.51. The number of carbonyl (C=O) groups is 1. The van der Waals surface area contributed by atoms with Gasteiger partial charge >= 0.3 is 0 Å². The summed E-state index contributed by atoms with van der Waals surface area (Å²) in [4.78, 5) is 11.5. The van der Waals surface area contributed by atoms with E-state index in [9.17, 15) is 4.79 Å². The first-order valence-corrected chi connectivity index (χ1v) is 4.94. The molecule has 1 aliphatic carbocycles. The van der Waals surface area contributed by atoms with E-state index in [0.717, 1.165) is 12.8 Å². The van der Waals surface area contributed by atoms with E-state index in [2.05, 4.69) is 0 Å². The van der Waals surface area contributed by atoms with Crippen LogP contribution in [-0.2, 0) is 14.3 Å². The minimum absolute atomic E-state index is 0.221. The molecule has 0 unspecified atom stereocenters. The van der Waals surface area contributed by atoms with Crippen molar-refractivity contribution in [2.24, 2.45) is 5.92 Å². The minimum atomic E-state index is 0.221. The van der Waals surface area contributed by atoms with Gasteiger partial charge in [0.25, 0.3) is 0 Å². The molecule has 0 bridgehead atoms. The van der Waals surface area contributed by atoms with Gasteiger partial charge in [0.05, 0.1) is 0 Å². The first-order chi connectivity index (χ1) is 6.34. The van der Waals surface area contributed by atoms with E-state index in [1.807, 2.05) is 0 Å². The normalized spacial score (nSPS) is 18.8. The second-order valence-electron chi connectivity index (χ2n) is 3.56. The molecule has 0 spiro atoms. The maximum Gasteiger partial charge on any atom is 0.161 e. The van der Waals surface area contributed by atoms with Gasteiger partial charge in [-0.05, 0) is 12.8 Å². The van der Waals surface area contributed by atoms with Gasteiger partial charge in [0.1, 0.15) is 13.4 Å². The van der Waals surface area contributed by atoms with Crippen molar-refractivity contribution in [1.82, 2.24) is 0 Å². The molecule has 0 atom stereocenters. The number of hydrogen-bond donors (Lipinski definition) is 0. The highest BCUT2D eigenvalue weighted by atomic mass is 16.7. The quantitative estimate of drug-likeness (QED) is 0.485. The molecule has 0 radical (unpaired) electrons. The van der Waals surface area contributed by atoms with Gasteiger partial charge in [-0.15, -0.1) is 0 Å². The summed E-state index contributed by atoms with van der Waals surface area (Å²) < 4.78 is 9.73. The zero-order chi connectivity index (χ0) is 9.52. The number of methoxy groups -OCH3 is 1. The molecule has 0 aromatic carbocycles. The maximum atomic E-state index is 11.5. The molecule has 0 amide bonds. The number of hydrogen-bond acceptors (Lipinski definition) is 3. The van der Waals surface area contributed by atoms with Crippen LogP contribution in [0, 0.1) is 5.92 Å². The van der Waals surface area contributed by atoms with Crippen molar-refractivity contribution >= 4 is 5.78 Å². The van der Waals surface area contributed by atoms with E-state index in [0.29, 0.717) is 0 Å². The van der Waals surface area contributed by atoms with Gasteiger partial charge in [0, 0.05) is 13.0 Å². The lowest BCUT2D eigenvalue weighted by molar-refractivity contribution is -0.133. The van der Waals surface area contributed by atoms with Crippen LogP contribution in [0.15, 0.2) is 0 Å². The van der Waals surface area contributed by atoms with Gasteiger partial charge in [-0.25, -0.2) is 0 Å². The fourth-order valence-corrected chi connectivity index (χ4v) is 1.77. The number of ketones is 1. The largest absolute Gasteiger partial charge is 0.359 e. The molecule has 1 saturated carbocycles. The van der Waals surface area contributed by atoms with Gasteiger partial charge in [0.15, 0.2) is 5.78 Å². The summed E-state index contributed by atoms with van der Waals surface area (Å²) in [6.45, 7) is 0.441. The molecule has 1 fully saturated rings. The Balaban J connectivity index is 2.13. The second kappa shape index (κ2) is 6.11. The summed E-state index contributed by atoms with van der Waals surface area (Å²) in [6, 6.07) is 0. The van der Waals surface area contributed by atoms with Crippen LogP contribution < -0.4 is 0 Å². The van der Waals surface area contributed by atoms with Gasteiger partial charge < -0.3 is 9.47 Å². The van der Waals surface area contributed by atoms with E-state index < -0.39 is 0 Å². The summed E-state index contributed by atoms with van der Waals surface area (Å²) in [6.07, 6.45) is 5.77. The Labute approximate surface area is 79.4 Å². The predicted octanol–water partition coefficient (Wildman–Crippen LogP) is 1.76. The Bertz CT molecular complexity index is 150. The van der Waals surface area contributed by atoms with Crippen molar-refractivity contribution < 1.29 is 14.3 Å². The SMILES string of the molecule is COCOCC(=O)C1CCCCC1. The number of ether oxygens (including phenoxy) is 2. The highest BCUT2D eigenvalue weighted by Gasteiger charge is 2.20. The summed E-state index contributed by atoms with van der Waals surface area (Å²) in [7, 11) is 1.56. The molecule has 0 heterocycles. The Hall–Kier alpha value is -0.410. The lowest BCUT2D eigenvalue weighted by Gasteiger charge is -2.19. The first kappa shape index (κ1) is 10.7. The topological polar surface area (TPSA) is 35.5 Å². The van der Waals surface area contributed by atoms with Crippen LogP contribution in [-0.4, -0.2) is 26.3 Å². The van der Waals surface area contributed by atoms with E-state index in [1.54, 1.807) is 7.11 Å². The third kappa shape index (κ3) is 3.87. The molecule has 0 saturated heterocycles. The van der Waals surface area contributed by atoms with Crippen LogP contribution in [0.3, 0.4) is 0 Å². The van der Waals surface area contributed by atoms with Crippen molar-refractivity contribution in [1.29, 1.82) is 0 Å². The minimum Gasteiger partial charge on any atom is -0.359 e. The van der Waals surface area contributed by atoms with Crippen LogP contribution in [0.2, 0.25) is 0 Å². The van der Waals surface area contributed by atoms with Crippen LogP contribution in [0.5, 0.6) is 0 Å². The van der Waals surface area contributed by atoms with Crippen LogP contribution in [0.4, 0.5) is 0 Å². The lowest BCUT2D eigenvalue weighted by Crippen LogP contribution is -2.22. The Morgan fingerprint density at radius 3 is 2.62 bits per heavy atom. The van der Waals surface area contributed by atoms with Crippen molar-refractivity contribution in [2.75, 3.05) is 20.5 Å². The fraction of sp³-hybridized carbons (Fsp3) is 0.900. The molecule has 1 aliphatic rings. The predicted molar refractivity (Wildman–Crippen MR) is 49.4 cm³/mol. The highest BCUT2D eigenvalue weighted by Crippen LogP contribution is 2.24. The van der Waals surface area contributed by atoms with Crippen LogP contribution >= 0.6 is 0 Å². The molecular formula is C10H18O3. The lowest BCUT2D eigenvalue weighted by atomic mass is 9.86. The van der Waals surface area contributed by atoms with Crippen molar-refractivity contribution in [3.05, 3.63) is 0 Å². The Morgan fingerprint density at radius 2 is 2.00 bits per heavy atom. The molecule has 0 aliphatic heterocycles. The van der Waals surface area contributed by atoms with Gasteiger partial charge in [0.2, 0.25) is 0 Å². The van der Waals surface area contributed by atoms with Crippen molar-refractivity contribution in [3.63, 3.8) is 0 Å². The average molecular weight is 186 g/mol. The average Bonchev–Trinajstić information content (AvgIpc) is 2.19. The molecule has 3 heteroatoms. The van der Waals surface area contributed by atoms with Gasteiger partial charge in [-0.1, -0.05) is 19.3 Å². The highest BCUT2D eigenvalue weighted by molar-refractivity contribution is 5.82. The fourth-order valence-electron chi connectivity index (χ4n) is 1.77. The Morgan fingerprint density at radius 1 is 1.31 bits per heavy atom. The van der Waals surface area contributed by atoms with E-state index in [4.69, 9.17) is 9.47 Å². The number of rotatable bonds is 5. The van der Waals surface area contributed by atoms with Gasteiger partial charge in [-0.2, -0.15) is 0 Å². The maximum absolute atomic E-state index is 11.5. The third-order valence-corrected chi connectivity index (χ3v) is 2.51.